The number of nitrogens with two attached hydrogens (primary N) is 1. The van der Waals surface area contributed by atoms with E-state index >= 15 is 0 Å². The summed E-state index contributed by atoms with van der Waals surface area (Å²) in [6.07, 6.45) is 2.75. The lowest BCUT2D eigenvalue weighted by Gasteiger charge is -2.26. The summed E-state index contributed by atoms with van der Waals surface area (Å²) in [5.41, 5.74) is 7.54. The highest BCUT2D eigenvalue weighted by Gasteiger charge is 2.38. The van der Waals surface area contributed by atoms with Crippen LogP contribution in [-0.2, 0) is 11.3 Å². The topological polar surface area (TPSA) is 84.7 Å². The summed E-state index contributed by atoms with van der Waals surface area (Å²) in [6, 6.07) is 9.74. The number of nitrogens with zero attached hydrogens (tertiary/aromatic N) is 4. The van der Waals surface area contributed by atoms with E-state index in [0.717, 1.165) is 5.56 Å². The second kappa shape index (κ2) is 4.25. The van der Waals surface area contributed by atoms with Crippen molar-refractivity contribution in [1.29, 1.82) is 0 Å². The average Bonchev–Trinajstić information content (AvgIpc) is 2.88. The summed E-state index contributed by atoms with van der Waals surface area (Å²) < 4.78 is 5.66. The van der Waals surface area contributed by atoms with Gasteiger partial charge in [-0.15, -0.1) is 0 Å². The van der Waals surface area contributed by atoms with E-state index in [0.29, 0.717) is 18.2 Å². The largest absolute Gasteiger partial charge is 0.332 e. The monoisotopic (exact) mass is 241 g/mol. The molecule has 0 spiro atoms. The molecule has 1 aromatic carbocycles. The SMILES string of the molecule is NC1(OCc2ccccc2)N=CN=C2N=CN=C21. The number of hydrogen-bond acceptors (Lipinski definition) is 6. The first-order valence-corrected chi connectivity index (χ1v) is 5.47. The molecule has 2 aliphatic heterocycles. The van der Waals surface area contributed by atoms with E-state index in [-0.39, 0.29) is 0 Å². The summed E-state index contributed by atoms with van der Waals surface area (Å²) in [4.78, 5) is 16.1. The Bertz CT molecular complexity index is 575. The highest BCUT2D eigenvalue weighted by Crippen LogP contribution is 2.18. The van der Waals surface area contributed by atoms with Crippen LogP contribution in [0.2, 0.25) is 0 Å². The van der Waals surface area contributed by atoms with Crippen LogP contribution in [0.1, 0.15) is 5.56 Å². The van der Waals surface area contributed by atoms with Crippen molar-refractivity contribution in [2.24, 2.45) is 25.7 Å². The predicted octanol–water partition coefficient (Wildman–Crippen LogP) is 0.739. The Morgan fingerprint density at radius 2 is 1.94 bits per heavy atom. The first kappa shape index (κ1) is 10.9. The third kappa shape index (κ3) is 1.87. The molecule has 0 bridgehead atoms. The van der Waals surface area contributed by atoms with Crippen molar-refractivity contribution >= 4 is 24.2 Å². The van der Waals surface area contributed by atoms with Crippen molar-refractivity contribution in [3.05, 3.63) is 35.9 Å². The minimum Gasteiger partial charge on any atom is -0.332 e. The van der Waals surface area contributed by atoms with E-state index < -0.39 is 5.85 Å². The van der Waals surface area contributed by atoms with Gasteiger partial charge in [-0.05, 0) is 5.56 Å². The van der Waals surface area contributed by atoms with Crippen molar-refractivity contribution in [2.75, 3.05) is 0 Å². The molecule has 0 aromatic heterocycles. The smallest absolute Gasteiger partial charge is 0.263 e. The molecule has 0 saturated heterocycles. The van der Waals surface area contributed by atoms with Crippen LogP contribution >= 0.6 is 0 Å². The molecule has 0 fully saturated rings. The van der Waals surface area contributed by atoms with E-state index in [4.69, 9.17) is 10.5 Å². The number of aliphatic imine (C=N–C) groups is 4. The van der Waals surface area contributed by atoms with Gasteiger partial charge in [0.05, 0.1) is 6.61 Å². The maximum atomic E-state index is 6.08. The van der Waals surface area contributed by atoms with E-state index in [1.807, 2.05) is 30.3 Å². The van der Waals surface area contributed by atoms with Gasteiger partial charge in [0.25, 0.3) is 5.85 Å². The zero-order chi connectivity index (χ0) is 12.4. The summed E-state index contributed by atoms with van der Waals surface area (Å²) in [6.45, 7) is 0.348. The molecule has 3 rings (SSSR count). The molecule has 6 nitrogen and oxygen atoms in total. The fourth-order valence-electron chi connectivity index (χ4n) is 1.71. The first-order chi connectivity index (χ1) is 8.78. The lowest BCUT2D eigenvalue weighted by molar-refractivity contribution is 0.00757. The Balaban J connectivity index is 1.77. The van der Waals surface area contributed by atoms with E-state index in [1.165, 1.54) is 12.7 Å². The van der Waals surface area contributed by atoms with Gasteiger partial charge in [0.15, 0.2) is 11.5 Å². The molecule has 2 aliphatic rings. The molecule has 2 heterocycles. The minimum absolute atomic E-state index is 0.348. The van der Waals surface area contributed by atoms with Gasteiger partial charge in [-0.3, -0.25) is 5.73 Å². The van der Waals surface area contributed by atoms with Crippen LogP contribution in [-0.4, -0.2) is 30.1 Å². The fourth-order valence-corrected chi connectivity index (χ4v) is 1.71. The predicted molar refractivity (Wildman–Crippen MR) is 70.0 cm³/mol. The molecular formula is C12H11N5O. The maximum Gasteiger partial charge on any atom is 0.263 e. The van der Waals surface area contributed by atoms with Crippen molar-refractivity contribution < 1.29 is 4.74 Å². The van der Waals surface area contributed by atoms with Gasteiger partial charge in [-0.1, -0.05) is 30.3 Å². The maximum absolute atomic E-state index is 6.08. The standard InChI is InChI=1S/C12H11N5O/c13-12(18-6-9-4-2-1-3-5-9)10-11(15-7-14-10)16-8-17-12/h1-5,7-8H,6,13H2. The summed E-state index contributed by atoms with van der Waals surface area (Å²) in [5.74, 6) is -0.843. The summed E-state index contributed by atoms with van der Waals surface area (Å²) in [5, 5.41) is 0. The average molecular weight is 241 g/mol. The number of ether oxygens (including phenoxy) is 1. The van der Waals surface area contributed by atoms with E-state index in [2.05, 4.69) is 20.0 Å². The van der Waals surface area contributed by atoms with Crippen LogP contribution in [0.5, 0.6) is 0 Å². The Labute approximate surface area is 104 Å². The minimum atomic E-state index is -1.30. The van der Waals surface area contributed by atoms with Gasteiger partial charge in [0.1, 0.15) is 12.7 Å². The summed E-state index contributed by atoms with van der Waals surface area (Å²) in [7, 11) is 0. The first-order valence-electron chi connectivity index (χ1n) is 5.47. The zero-order valence-corrected chi connectivity index (χ0v) is 9.52. The van der Waals surface area contributed by atoms with Gasteiger partial charge in [-0.25, -0.2) is 20.0 Å². The van der Waals surface area contributed by atoms with Crippen LogP contribution in [0.3, 0.4) is 0 Å². The highest BCUT2D eigenvalue weighted by molar-refractivity contribution is 6.50. The molecular weight excluding hydrogens is 230 g/mol. The van der Waals surface area contributed by atoms with Crippen molar-refractivity contribution in [2.45, 2.75) is 12.5 Å². The molecule has 1 unspecified atom stereocenters. The van der Waals surface area contributed by atoms with Gasteiger partial charge >= 0.3 is 0 Å². The van der Waals surface area contributed by atoms with Gasteiger partial charge in [0, 0.05) is 0 Å². The Hall–Kier alpha value is -2.18. The molecule has 90 valence electrons. The van der Waals surface area contributed by atoms with Crippen LogP contribution < -0.4 is 5.73 Å². The molecule has 0 radical (unpaired) electrons. The fraction of sp³-hybridized carbons (Fsp3) is 0.167. The number of benzene rings is 1. The highest BCUT2D eigenvalue weighted by atomic mass is 16.5. The second-order valence-electron chi connectivity index (χ2n) is 3.89. The number of amidine groups is 1. The number of hydrogen-bond donors (Lipinski definition) is 1. The molecule has 2 N–H and O–H groups in total. The van der Waals surface area contributed by atoms with Crippen molar-refractivity contribution in [3.63, 3.8) is 0 Å². The molecule has 0 aliphatic carbocycles. The summed E-state index contributed by atoms with van der Waals surface area (Å²) >= 11 is 0. The van der Waals surface area contributed by atoms with Crippen molar-refractivity contribution in [1.82, 2.24) is 0 Å². The quantitative estimate of drug-likeness (QED) is 0.791. The van der Waals surface area contributed by atoms with Gasteiger partial charge in [0.2, 0.25) is 0 Å². The lowest BCUT2D eigenvalue weighted by atomic mass is 10.2. The Morgan fingerprint density at radius 3 is 2.78 bits per heavy atom. The Kier molecular flexibility index (Phi) is 2.58. The third-order valence-electron chi connectivity index (χ3n) is 2.65. The van der Waals surface area contributed by atoms with Crippen LogP contribution in [0, 0.1) is 0 Å². The van der Waals surface area contributed by atoms with Crippen LogP contribution in [0.25, 0.3) is 0 Å². The van der Waals surface area contributed by atoms with Crippen molar-refractivity contribution in [3.8, 4) is 0 Å². The van der Waals surface area contributed by atoms with Crippen LogP contribution in [0.4, 0.5) is 0 Å². The number of fused-ring (bicyclic) bond motifs is 1. The number of rotatable bonds is 3. The van der Waals surface area contributed by atoms with Gasteiger partial charge in [-0.2, -0.15) is 0 Å². The Morgan fingerprint density at radius 1 is 1.11 bits per heavy atom. The third-order valence-corrected chi connectivity index (χ3v) is 2.65. The molecule has 0 amide bonds. The molecule has 6 heteroatoms. The van der Waals surface area contributed by atoms with E-state index in [9.17, 15) is 0 Å². The molecule has 1 atom stereocenters. The molecule has 0 saturated carbocycles. The van der Waals surface area contributed by atoms with Crippen LogP contribution in [0.15, 0.2) is 50.3 Å². The lowest BCUT2D eigenvalue weighted by Crippen LogP contribution is -2.52. The normalized spacial score (nSPS) is 24.7. The molecule has 18 heavy (non-hydrogen) atoms. The second-order valence-corrected chi connectivity index (χ2v) is 3.89. The van der Waals surface area contributed by atoms with E-state index in [1.54, 1.807) is 0 Å². The molecule has 1 aromatic rings. The zero-order valence-electron chi connectivity index (χ0n) is 9.52. The van der Waals surface area contributed by atoms with Gasteiger partial charge < -0.3 is 4.74 Å².